The Hall–Kier alpha value is -2.84. The predicted octanol–water partition coefficient (Wildman–Crippen LogP) is 4.62. The molecule has 0 saturated heterocycles. The lowest BCUT2D eigenvalue weighted by Gasteiger charge is -2.18. The maximum absolute atomic E-state index is 6.59. The summed E-state index contributed by atoms with van der Waals surface area (Å²) in [5.74, 6) is 0. The molecule has 23 heavy (non-hydrogen) atoms. The van der Waals surface area contributed by atoms with Gasteiger partial charge in [-0.1, -0.05) is 66.7 Å². The Labute approximate surface area is 135 Å². The Morgan fingerprint density at radius 2 is 1.30 bits per heavy atom. The molecule has 2 nitrogen and oxygen atoms in total. The van der Waals surface area contributed by atoms with Crippen molar-refractivity contribution in [1.29, 1.82) is 0 Å². The van der Waals surface area contributed by atoms with E-state index in [4.69, 9.17) is 11.5 Å². The number of hydrogen-bond acceptors (Lipinski definition) is 2. The first-order valence-corrected chi connectivity index (χ1v) is 7.75. The van der Waals surface area contributed by atoms with Crippen LogP contribution in [-0.4, -0.2) is 0 Å². The summed E-state index contributed by atoms with van der Waals surface area (Å²) in [5, 5.41) is 4.69. The van der Waals surface area contributed by atoms with E-state index in [0.717, 1.165) is 27.6 Å². The molecule has 0 heterocycles. The third kappa shape index (κ3) is 2.33. The Bertz CT molecular complexity index is 1000. The lowest BCUT2D eigenvalue weighted by Crippen LogP contribution is -2.14. The Morgan fingerprint density at radius 3 is 2.13 bits per heavy atom. The van der Waals surface area contributed by atoms with E-state index in [0.29, 0.717) is 0 Å². The van der Waals surface area contributed by atoms with Crippen molar-refractivity contribution in [2.24, 2.45) is 5.73 Å². The topological polar surface area (TPSA) is 52.0 Å². The summed E-state index contributed by atoms with van der Waals surface area (Å²) in [4.78, 5) is 0. The summed E-state index contributed by atoms with van der Waals surface area (Å²) >= 11 is 0. The van der Waals surface area contributed by atoms with Crippen molar-refractivity contribution in [3.8, 4) is 0 Å². The molecule has 112 valence electrons. The van der Waals surface area contributed by atoms with Gasteiger partial charge in [-0.05, 0) is 39.2 Å². The van der Waals surface area contributed by atoms with Crippen molar-refractivity contribution in [2.75, 3.05) is 5.73 Å². The van der Waals surface area contributed by atoms with Crippen molar-refractivity contribution in [3.05, 3.63) is 90.0 Å². The van der Waals surface area contributed by atoms with Gasteiger partial charge in [-0.3, -0.25) is 0 Å². The van der Waals surface area contributed by atoms with Gasteiger partial charge < -0.3 is 11.5 Å². The molecule has 0 spiro atoms. The van der Waals surface area contributed by atoms with Crippen molar-refractivity contribution in [1.82, 2.24) is 0 Å². The van der Waals surface area contributed by atoms with Crippen molar-refractivity contribution < 1.29 is 0 Å². The second-order valence-electron chi connectivity index (χ2n) is 5.87. The highest BCUT2D eigenvalue weighted by Gasteiger charge is 2.15. The van der Waals surface area contributed by atoms with E-state index in [1.54, 1.807) is 0 Å². The molecule has 2 heteroatoms. The van der Waals surface area contributed by atoms with Crippen LogP contribution in [0.3, 0.4) is 0 Å². The molecule has 0 fully saturated rings. The van der Waals surface area contributed by atoms with Gasteiger partial charge in [0.2, 0.25) is 0 Å². The quantitative estimate of drug-likeness (QED) is 0.530. The van der Waals surface area contributed by atoms with Crippen LogP contribution in [0.5, 0.6) is 0 Å². The predicted molar refractivity (Wildman–Crippen MR) is 98.3 cm³/mol. The van der Waals surface area contributed by atoms with Crippen LogP contribution in [0, 0.1) is 0 Å². The Balaban J connectivity index is 1.90. The lowest BCUT2D eigenvalue weighted by atomic mass is 9.92. The average Bonchev–Trinajstić information content (AvgIpc) is 2.60. The summed E-state index contributed by atoms with van der Waals surface area (Å²) in [7, 11) is 0. The summed E-state index contributed by atoms with van der Waals surface area (Å²) < 4.78 is 0. The van der Waals surface area contributed by atoms with E-state index >= 15 is 0 Å². The van der Waals surface area contributed by atoms with Crippen LogP contribution in [0.15, 0.2) is 78.9 Å². The maximum atomic E-state index is 6.59. The molecule has 0 aliphatic heterocycles. The van der Waals surface area contributed by atoms with Crippen LogP contribution in [-0.2, 0) is 0 Å². The molecule has 0 aliphatic carbocycles. The molecule has 0 aliphatic rings. The van der Waals surface area contributed by atoms with Crippen LogP contribution in [0.4, 0.5) is 5.69 Å². The zero-order chi connectivity index (χ0) is 15.8. The van der Waals surface area contributed by atoms with Crippen LogP contribution in [0.1, 0.15) is 17.2 Å². The molecule has 4 aromatic rings. The minimum absolute atomic E-state index is 0.245. The second kappa shape index (κ2) is 5.41. The first kappa shape index (κ1) is 13.8. The Morgan fingerprint density at radius 1 is 0.652 bits per heavy atom. The molecule has 0 radical (unpaired) electrons. The molecule has 0 saturated carbocycles. The molecule has 0 aromatic heterocycles. The number of fused-ring (bicyclic) bond motifs is 2. The fraction of sp³-hybridized carbons (Fsp3) is 0.0476. The molecule has 4 aromatic carbocycles. The summed E-state index contributed by atoms with van der Waals surface area (Å²) in [6.07, 6.45) is 0. The van der Waals surface area contributed by atoms with Crippen LogP contribution in [0.25, 0.3) is 21.5 Å². The van der Waals surface area contributed by atoms with Gasteiger partial charge in [0, 0.05) is 11.3 Å². The number of nitrogen functional groups attached to an aromatic ring is 1. The van der Waals surface area contributed by atoms with E-state index in [9.17, 15) is 0 Å². The number of benzene rings is 4. The zero-order valence-electron chi connectivity index (χ0n) is 12.7. The van der Waals surface area contributed by atoms with Gasteiger partial charge in [-0.25, -0.2) is 0 Å². The fourth-order valence-electron chi connectivity index (χ4n) is 3.23. The van der Waals surface area contributed by atoms with E-state index in [2.05, 4.69) is 42.5 Å². The van der Waals surface area contributed by atoms with E-state index < -0.39 is 0 Å². The van der Waals surface area contributed by atoms with Gasteiger partial charge in [0.15, 0.2) is 0 Å². The fourth-order valence-corrected chi connectivity index (χ4v) is 3.23. The Kier molecular flexibility index (Phi) is 3.25. The third-order valence-electron chi connectivity index (χ3n) is 4.45. The largest absolute Gasteiger partial charge is 0.398 e. The molecule has 0 amide bonds. The smallest absolute Gasteiger partial charge is 0.0578 e. The van der Waals surface area contributed by atoms with E-state index in [1.807, 2.05) is 36.4 Å². The number of anilines is 1. The molecular formula is C21H18N2. The molecular weight excluding hydrogens is 280 g/mol. The minimum atomic E-state index is -0.245. The molecule has 1 unspecified atom stereocenters. The van der Waals surface area contributed by atoms with Gasteiger partial charge in [0.1, 0.15) is 0 Å². The van der Waals surface area contributed by atoms with Gasteiger partial charge in [0.25, 0.3) is 0 Å². The summed E-state index contributed by atoms with van der Waals surface area (Å²) in [5.41, 5.74) is 15.7. The van der Waals surface area contributed by atoms with Crippen molar-refractivity contribution >= 4 is 27.2 Å². The highest BCUT2D eigenvalue weighted by Crippen LogP contribution is 2.33. The normalized spacial score (nSPS) is 12.6. The second-order valence-corrected chi connectivity index (χ2v) is 5.87. The van der Waals surface area contributed by atoms with Gasteiger partial charge in [0.05, 0.1) is 6.04 Å². The summed E-state index contributed by atoms with van der Waals surface area (Å²) in [6.45, 7) is 0. The average molecular weight is 298 g/mol. The third-order valence-corrected chi connectivity index (χ3v) is 4.45. The SMILES string of the molecule is Nc1ccc2ccccc2c1C(N)c1ccc2ccccc2c1. The van der Waals surface area contributed by atoms with Crippen LogP contribution < -0.4 is 11.5 Å². The molecule has 1 atom stereocenters. The van der Waals surface area contributed by atoms with Gasteiger partial charge >= 0.3 is 0 Å². The number of hydrogen-bond donors (Lipinski definition) is 2. The van der Waals surface area contributed by atoms with Crippen molar-refractivity contribution in [3.63, 3.8) is 0 Å². The summed E-state index contributed by atoms with van der Waals surface area (Å²) in [6, 6.07) is 26.6. The molecule has 4 N–H and O–H groups in total. The first-order valence-electron chi connectivity index (χ1n) is 7.75. The standard InChI is InChI=1S/C21H18N2/c22-19-12-11-15-6-3-4-8-18(15)20(19)21(23)17-10-9-14-5-1-2-7-16(14)13-17/h1-13,21H,22-23H2. The number of rotatable bonds is 2. The minimum Gasteiger partial charge on any atom is -0.398 e. The van der Waals surface area contributed by atoms with E-state index in [-0.39, 0.29) is 6.04 Å². The first-order chi connectivity index (χ1) is 11.2. The van der Waals surface area contributed by atoms with E-state index in [1.165, 1.54) is 10.8 Å². The highest BCUT2D eigenvalue weighted by atomic mass is 14.7. The van der Waals surface area contributed by atoms with Gasteiger partial charge in [-0.2, -0.15) is 0 Å². The lowest BCUT2D eigenvalue weighted by molar-refractivity contribution is 0.886. The monoisotopic (exact) mass is 298 g/mol. The van der Waals surface area contributed by atoms with Crippen molar-refractivity contribution in [2.45, 2.75) is 6.04 Å². The molecule has 0 bridgehead atoms. The zero-order valence-corrected chi connectivity index (χ0v) is 12.7. The van der Waals surface area contributed by atoms with Gasteiger partial charge in [-0.15, -0.1) is 0 Å². The number of nitrogens with two attached hydrogens (primary N) is 2. The van der Waals surface area contributed by atoms with Crippen LogP contribution >= 0.6 is 0 Å². The molecule has 4 rings (SSSR count). The maximum Gasteiger partial charge on any atom is 0.0578 e. The van der Waals surface area contributed by atoms with Crippen LogP contribution in [0.2, 0.25) is 0 Å². The highest BCUT2D eigenvalue weighted by molar-refractivity contribution is 5.91.